The molecule has 0 radical (unpaired) electrons. The molecule has 3 amide bonds. The quantitative estimate of drug-likeness (QED) is 0.657. The largest absolute Gasteiger partial charge is 0.343 e. The van der Waals surface area contributed by atoms with Gasteiger partial charge in [0.15, 0.2) is 0 Å². The van der Waals surface area contributed by atoms with E-state index >= 15 is 0 Å². The molecule has 0 aromatic heterocycles. The van der Waals surface area contributed by atoms with E-state index in [4.69, 9.17) is 5.73 Å². The average molecular weight is 289 g/mol. The van der Waals surface area contributed by atoms with Gasteiger partial charge < -0.3 is 11.1 Å². The minimum absolute atomic E-state index is 0.232. The standard InChI is InChI=1S/C15H19N3O3/c16-11(7-6-10-4-2-1-3-5-10)14(20)17-12-8-9-13(19)18-15(12)21/h1-5,11-12H,6-9,16H2,(H,17,20)(H,18,19,21)/t11-,12?/m1/s1. The molecule has 21 heavy (non-hydrogen) atoms. The van der Waals surface area contributed by atoms with Crippen LogP contribution in [-0.4, -0.2) is 29.8 Å². The average Bonchev–Trinajstić information content (AvgIpc) is 2.48. The van der Waals surface area contributed by atoms with Gasteiger partial charge in [0.1, 0.15) is 6.04 Å². The van der Waals surface area contributed by atoms with Gasteiger partial charge in [-0.05, 0) is 24.8 Å². The fourth-order valence-electron chi connectivity index (χ4n) is 2.21. The van der Waals surface area contributed by atoms with E-state index in [1.54, 1.807) is 0 Å². The van der Waals surface area contributed by atoms with Crippen molar-refractivity contribution in [2.24, 2.45) is 5.73 Å². The summed E-state index contributed by atoms with van der Waals surface area (Å²) in [5, 5.41) is 4.80. The molecule has 1 fully saturated rings. The molecule has 6 heteroatoms. The Kier molecular flexibility index (Phi) is 5.05. The number of hydrogen-bond donors (Lipinski definition) is 3. The van der Waals surface area contributed by atoms with Crippen LogP contribution < -0.4 is 16.4 Å². The van der Waals surface area contributed by atoms with Crippen molar-refractivity contribution in [1.82, 2.24) is 10.6 Å². The van der Waals surface area contributed by atoms with Gasteiger partial charge in [-0.2, -0.15) is 0 Å². The molecule has 1 heterocycles. The highest BCUT2D eigenvalue weighted by molar-refractivity contribution is 6.01. The molecule has 1 aliphatic heterocycles. The predicted octanol–water partition coefficient (Wildman–Crippen LogP) is -0.132. The second-order valence-corrected chi connectivity index (χ2v) is 5.14. The third-order valence-electron chi connectivity index (χ3n) is 3.48. The van der Waals surface area contributed by atoms with Gasteiger partial charge in [0.2, 0.25) is 17.7 Å². The van der Waals surface area contributed by atoms with Crippen molar-refractivity contribution in [3.63, 3.8) is 0 Å². The summed E-state index contributed by atoms with van der Waals surface area (Å²) in [5.74, 6) is -1.13. The number of carbonyl (C=O) groups is 3. The zero-order valence-electron chi connectivity index (χ0n) is 11.7. The molecule has 1 aromatic rings. The van der Waals surface area contributed by atoms with Gasteiger partial charge in [0.25, 0.3) is 0 Å². The highest BCUT2D eigenvalue weighted by Gasteiger charge is 2.29. The van der Waals surface area contributed by atoms with Crippen LogP contribution in [-0.2, 0) is 20.8 Å². The van der Waals surface area contributed by atoms with E-state index in [1.165, 1.54) is 0 Å². The molecule has 112 valence electrons. The van der Waals surface area contributed by atoms with Crippen LogP contribution in [0.4, 0.5) is 0 Å². The summed E-state index contributed by atoms with van der Waals surface area (Å²) < 4.78 is 0. The van der Waals surface area contributed by atoms with Crippen LogP contribution in [0.25, 0.3) is 0 Å². The van der Waals surface area contributed by atoms with Crippen molar-refractivity contribution in [2.75, 3.05) is 0 Å². The first-order valence-corrected chi connectivity index (χ1v) is 7.00. The Labute approximate surface area is 123 Å². The van der Waals surface area contributed by atoms with Gasteiger partial charge in [-0.1, -0.05) is 30.3 Å². The third kappa shape index (κ3) is 4.39. The number of carbonyl (C=O) groups excluding carboxylic acids is 3. The molecule has 0 bridgehead atoms. The lowest BCUT2D eigenvalue weighted by Gasteiger charge is -2.23. The second kappa shape index (κ2) is 6.99. The SMILES string of the molecule is N[C@H](CCc1ccccc1)C(=O)NC1CCC(=O)NC1=O. The number of nitrogens with two attached hydrogens (primary N) is 1. The summed E-state index contributed by atoms with van der Waals surface area (Å²) in [6.07, 6.45) is 1.76. The minimum Gasteiger partial charge on any atom is -0.343 e. The van der Waals surface area contributed by atoms with Gasteiger partial charge in [-0.15, -0.1) is 0 Å². The van der Waals surface area contributed by atoms with Gasteiger partial charge in [0, 0.05) is 6.42 Å². The number of imide groups is 1. The van der Waals surface area contributed by atoms with Crippen LogP contribution in [0.3, 0.4) is 0 Å². The number of hydrogen-bond acceptors (Lipinski definition) is 4. The Bertz CT molecular complexity index is 530. The van der Waals surface area contributed by atoms with Crippen molar-refractivity contribution in [1.29, 1.82) is 0 Å². The van der Waals surface area contributed by atoms with E-state index < -0.39 is 18.0 Å². The van der Waals surface area contributed by atoms with Crippen LogP contribution in [0, 0.1) is 0 Å². The van der Waals surface area contributed by atoms with Crippen LogP contribution in [0.1, 0.15) is 24.8 Å². The maximum Gasteiger partial charge on any atom is 0.249 e. The predicted molar refractivity (Wildman–Crippen MR) is 77.1 cm³/mol. The molecule has 1 unspecified atom stereocenters. The first-order chi connectivity index (χ1) is 10.1. The fourth-order valence-corrected chi connectivity index (χ4v) is 2.21. The molecular formula is C15H19N3O3. The molecule has 0 aliphatic carbocycles. The Morgan fingerprint density at radius 1 is 1.33 bits per heavy atom. The van der Waals surface area contributed by atoms with Gasteiger partial charge >= 0.3 is 0 Å². The first-order valence-electron chi connectivity index (χ1n) is 7.00. The molecular weight excluding hydrogens is 270 g/mol. The molecule has 1 saturated heterocycles. The highest BCUT2D eigenvalue weighted by Crippen LogP contribution is 2.07. The number of nitrogens with one attached hydrogen (secondary N) is 2. The van der Waals surface area contributed by atoms with E-state index in [2.05, 4.69) is 10.6 Å². The van der Waals surface area contributed by atoms with Crippen LogP contribution in [0.5, 0.6) is 0 Å². The lowest BCUT2D eigenvalue weighted by Crippen LogP contribution is -2.55. The Morgan fingerprint density at radius 3 is 2.71 bits per heavy atom. The Hall–Kier alpha value is -2.21. The zero-order valence-corrected chi connectivity index (χ0v) is 11.7. The summed E-state index contributed by atoms with van der Waals surface area (Å²) in [7, 11) is 0. The molecule has 0 saturated carbocycles. The molecule has 2 rings (SSSR count). The number of piperidine rings is 1. The van der Waals surface area contributed by atoms with E-state index in [0.29, 0.717) is 19.3 Å². The van der Waals surface area contributed by atoms with Crippen LogP contribution in [0.15, 0.2) is 30.3 Å². The molecule has 1 aliphatic rings. The number of rotatable bonds is 5. The molecule has 6 nitrogen and oxygen atoms in total. The second-order valence-electron chi connectivity index (χ2n) is 5.14. The van der Waals surface area contributed by atoms with Crippen molar-refractivity contribution in [3.8, 4) is 0 Å². The third-order valence-corrected chi connectivity index (χ3v) is 3.48. The lowest BCUT2D eigenvalue weighted by atomic mass is 10.0. The topological polar surface area (TPSA) is 101 Å². The monoisotopic (exact) mass is 289 g/mol. The van der Waals surface area contributed by atoms with E-state index in [-0.39, 0.29) is 18.2 Å². The summed E-state index contributed by atoms with van der Waals surface area (Å²) in [6.45, 7) is 0. The number of amides is 3. The van der Waals surface area contributed by atoms with Crippen molar-refractivity contribution in [2.45, 2.75) is 37.8 Å². The Morgan fingerprint density at radius 2 is 2.05 bits per heavy atom. The summed E-state index contributed by atoms with van der Waals surface area (Å²) >= 11 is 0. The fraction of sp³-hybridized carbons (Fsp3) is 0.400. The van der Waals surface area contributed by atoms with E-state index in [0.717, 1.165) is 5.56 Å². The number of benzene rings is 1. The van der Waals surface area contributed by atoms with Gasteiger partial charge in [-0.3, -0.25) is 19.7 Å². The summed E-state index contributed by atoms with van der Waals surface area (Å²) in [6, 6.07) is 8.41. The summed E-state index contributed by atoms with van der Waals surface area (Å²) in [4.78, 5) is 34.5. The van der Waals surface area contributed by atoms with Gasteiger partial charge in [0.05, 0.1) is 6.04 Å². The normalized spacial score (nSPS) is 19.8. The minimum atomic E-state index is -0.671. The maximum absolute atomic E-state index is 12.0. The van der Waals surface area contributed by atoms with E-state index in [1.807, 2.05) is 30.3 Å². The smallest absolute Gasteiger partial charge is 0.249 e. The molecule has 2 atom stereocenters. The molecule has 4 N–H and O–H groups in total. The van der Waals surface area contributed by atoms with Crippen LogP contribution >= 0.6 is 0 Å². The van der Waals surface area contributed by atoms with Crippen molar-refractivity contribution >= 4 is 17.7 Å². The first kappa shape index (κ1) is 15.2. The maximum atomic E-state index is 12.0. The van der Waals surface area contributed by atoms with Crippen LogP contribution in [0.2, 0.25) is 0 Å². The zero-order chi connectivity index (χ0) is 15.2. The van der Waals surface area contributed by atoms with Crippen molar-refractivity contribution < 1.29 is 14.4 Å². The van der Waals surface area contributed by atoms with Crippen molar-refractivity contribution in [3.05, 3.63) is 35.9 Å². The summed E-state index contributed by atoms with van der Waals surface area (Å²) in [5.41, 5.74) is 6.96. The lowest BCUT2D eigenvalue weighted by molar-refractivity contribution is -0.137. The Balaban J connectivity index is 1.80. The molecule has 1 aromatic carbocycles. The highest BCUT2D eigenvalue weighted by atomic mass is 16.2. The van der Waals surface area contributed by atoms with E-state index in [9.17, 15) is 14.4 Å². The van der Waals surface area contributed by atoms with Gasteiger partial charge in [-0.25, -0.2) is 0 Å². The number of aryl methyl sites for hydroxylation is 1. The molecule has 0 spiro atoms.